The number of hydrogen-bond acceptors (Lipinski definition) is 4. The summed E-state index contributed by atoms with van der Waals surface area (Å²) in [5.41, 5.74) is 3.01. The van der Waals surface area contributed by atoms with Gasteiger partial charge >= 0.3 is 0 Å². The Hall–Kier alpha value is -3.65. The summed E-state index contributed by atoms with van der Waals surface area (Å²) in [5.74, 6) is -0.895. The van der Waals surface area contributed by atoms with Gasteiger partial charge in [-0.25, -0.2) is 8.42 Å². The van der Waals surface area contributed by atoms with Crippen LogP contribution < -0.4 is 14.9 Å². The van der Waals surface area contributed by atoms with Gasteiger partial charge in [-0.1, -0.05) is 61.5 Å². The fraction of sp³-hybridized carbons (Fsp3) is 0.200. The molecular weight excluding hydrogens is 438 g/mol. The minimum atomic E-state index is -3.70. The van der Waals surface area contributed by atoms with Crippen molar-refractivity contribution in [1.29, 1.82) is 0 Å². The third-order valence-corrected chi connectivity index (χ3v) is 6.20. The first-order valence-electron chi connectivity index (χ1n) is 10.6. The highest BCUT2D eigenvalue weighted by atomic mass is 32.2. The number of rotatable bonds is 9. The van der Waals surface area contributed by atoms with Crippen LogP contribution in [0.1, 0.15) is 28.4 Å². The maximum atomic E-state index is 12.8. The second-order valence-electron chi connectivity index (χ2n) is 7.55. The lowest BCUT2D eigenvalue weighted by molar-refractivity contribution is -0.114. The van der Waals surface area contributed by atoms with E-state index in [9.17, 15) is 18.0 Å². The van der Waals surface area contributed by atoms with E-state index >= 15 is 0 Å². The molecule has 0 aliphatic heterocycles. The second kappa shape index (κ2) is 10.8. The van der Waals surface area contributed by atoms with E-state index in [1.807, 2.05) is 49.4 Å². The monoisotopic (exact) mass is 465 g/mol. The lowest BCUT2D eigenvalue weighted by Gasteiger charge is -2.22. The van der Waals surface area contributed by atoms with Gasteiger partial charge in [0.05, 0.1) is 23.2 Å². The van der Waals surface area contributed by atoms with Crippen molar-refractivity contribution in [3.8, 4) is 0 Å². The Kier molecular flexibility index (Phi) is 7.84. The van der Waals surface area contributed by atoms with Gasteiger partial charge in [0.2, 0.25) is 15.9 Å². The van der Waals surface area contributed by atoms with Gasteiger partial charge in [-0.15, -0.1) is 0 Å². The molecule has 7 nitrogen and oxygen atoms in total. The van der Waals surface area contributed by atoms with E-state index in [2.05, 4.69) is 10.6 Å². The van der Waals surface area contributed by atoms with Crippen molar-refractivity contribution in [3.05, 3.63) is 95.6 Å². The molecule has 8 heteroatoms. The molecular formula is C25H27N3O4S. The summed E-state index contributed by atoms with van der Waals surface area (Å²) in [6.07, 6.45) is 1.88. The molecule has 0 atom stereocenters. The Labute approximate surface area is 194 Å². The molecule has 172 valence electrons. The van der Waals surface area contributed by atoms with Crippen LogP contribution in [0.4, 0.5) is 11.4 Å². The van der Waals surface area contributed by atoms with E-state index in [0.29, 0.717) is 23.5 Å². The first kappa shape index (κ1) is 24.0. The molecule has 0 saturated carbocycles. The normalized spacial score (nSPS) is 11.0. The first-order valence-corrected chi connectivity index (χ1v) is 12.4. The molecule has 0 heterocycles. The molecule has 0 fully saturated rings. The minimum absolute atomic E-state index is 0.292. The number of para-hydroxylation sites is 1. The molecule has 0 aromatic heterocycles. The van der Waals surface area contributed by atoms with Gasteiger partial charge in [0, 0.05) is 6.54 Å². The number of anilines is 2. The van der Waals surface area contributed by atoms with Crippen LogP contribution in [0.3, 0.4) is 0 Å². The zero-order valence-corrected chi connectivity index (χ0v) is 19.4. The Morgan fingerprint density at radius 2 is 1.48 bits per heavy atom. The predicted molar refractivity (Wildman–Crippen MR) is 131 cm³/mol. The Morgan fingerprint density at radius 1 is 0.848 bits per heavy atom. The largest absolute Gasteiger partial charge is 0.348 e. The van der Waals surface area contributed by atoms with Gasteiger partial charge in [-0.05, 0) is 41.8 Å². The molecule has 0 aliphatic rings. The fourth-order valence-corrected chi connectivity index (χ4v) is 4.14. The topological polar surface area (TPSA) is 95.6 Å². The second-order valence-corrected chi connectivity index (χ2v) is 9.46. The smallest absolute Gasteiger partial charge is 0.253 e. The average molecular weight is 466 g/mol. The standard InChI is InChI=1S/C25H27N3O4S/c1-3-19-13-15-21(16-14-19)28(33(2,31)32)18-24(29)27-23-12-8-7-11-22(23)25(30)26-17-20-9-5-4-6-10-20/h4-16H,3,17-18H2,1-2H3,(H,26,30)(H,27,29). The van der Waals surface area contributed by atoms with Gasteiger partial charge in [0.15, 0.2) is 0 Å². The molecule has 0 unspecified atom stereocenters. The Morgan fingerprint density at radius 3 is 2.12 bits per heavy atom. The summed E-state index contributed by atoms with van der Waals surface area (Å²) in [6.45, 7) is 1.94. The van der Waals surface area contributed by atoms with Crippen LogP contribution in [-0.4, -0.2) is 33.0 Å². The minimum Gasteiger partial charge on any atom is -0.348 e. The van der Waals surface area contributed by atoms with E-state index in [1.54, 1.807) is 36.4 Å². The molecule has 0 saturated heterocycles. The maximum absolute atomic E-state index is 12.8. The van der Waals surface area contributed by atoms with Crippen molar-refractivity contribution in [1.82, 2.24) is 5.32 Å². The molecule has 33 heavy (non-hydrogen) atoms. The van der Waals surface area contributed by atoms with E-state index in [-0.39, 0.29) is 5.91 Å². The number of aryl methyl sites for hydroxylation is 1. The van der Waals surface area contributed by atoms with E-state index in [4.69, 9.17) is 0 Å². The third kappa shape index (κ3) is 6.66. The Balaban J connectivity index is 1.73. The number of carbonyl (C=O) groups is 2. The zero-order valence-electron chi connectivity index (χ0n) is 18.6. The van der Waals surface area contributed by atoms with Gasteiger partial charge in [-0.2, -0.15) is 0 Å². The number of benzene rings is 3. The van der Waals surface area contributed by atoms with Crippen molar-refractivity contribution in [2.75, 3.05) is 22.4 Å². The van der Waals surface area contributed by atoms with Crippen LogP contribution in [0.5, 0.6) is 0 Å². The summed E-state index contributed by atoms with van der Waals surface area (Å²) in [7, 11) is -3.70. The molecule has 2 N–H and O–H groups in total. The molecule has 2 amide bonds. The lowest BCUT2D eigenvalue weighted by Crippen LogP contribution is -2.37. The molecule has 0 radical (unpaired) electrons. The van der Waals surface area contributed by atoms with Crippen molar-refractivity contribution in [2.24, 2.45) is 0 Å². The van der Waals surface area contributed by atoms with Crippen molar-refractivity contribution in [2.45, 2.75) is 19.9 Å². The predicted octanol–water partition coefficient (Wildman–Crippen LogP) is 3.58. The maximum Gasteiger partial charge on any atom is 0.253 e. The molecule has 3 rings (SSSR count). The van der Waals surface area contributed by atoms with Crippen LogP contribution in [0, 0.1) is 0 Å². The van der Waals surface area contributed by atoms with Crippen LogP contribution >= 0.6 is 0 Å². The van der Waals surface area contributed by atoms with E-state index in [1.165, 1.54) is 0 Å². The lowest BCUT2D eigenvalue weighted by atomic mass is 10.1. The average Bonchev–Trinajstić information content (AvgIpc) is 2.81. The quantitative estimate of drug-likeness (QED) is 0.505. The van der Waals surface area contributed by atoms with Crippen molar-refractivity contribution >= 4 is 33.2 Å². The SMILES string of the molecule is CCc1ccc(N(CC(=O)Nc2ccccc2C(=O)NCc2ccccc2)S(C)(=O)=O)cc1. The van der Waals surface area contributed by atoms with Gasteiger partial charge in [-0.3, -0.25) is 13.9 Å². The zero-order chi connectivity index (χ0) is 23.8. The molecule has 0 bridgehead atoms. The Bertz CT molecular complexity index is 1210. The first-order chi connectivity index (χ1) is 15.8. The van der Waals surface area contributed by atoms with Crippen molar-refractivity contribution < 1.29 is 18.0 Å². The number of carbonyl (C=O) groups excluding carboxylic acids is 2. The molecule has 0 aliphatic carbocycles. The third-order valence-electron chi connectivity index (χ3n) is 5.06. The fourth-order valence-electron chi connectivity index (χ4n) is 3.28. The van der Waals surface area contributed by atoms with Gasteiger partial charge < -0.3 is 10.6 Å². The van der Waals surface area contributed by atoms with Crippen LogP contribution in [-0.2, 0) is 27.8 Å². The van der Waals surface area contributed by atoms with Gasteiger partial charge in [0.25, 0.3) is 5.91 Å². The molecule has 0 spiro atoms. The van der Waals surface area contributed by atoms with Gasteiger partial charge in [0.1, 0.15) is 6.54 Å². The molecule has 3 aromatic rings. The van der Waals surface area contributed by atoms with Crippen LogP contribution in [0.2, 0.25) is 0 Å². The van der Waals surface area contributed by atoms with Crippen LogP contribution in [0.25, 0.3) is 0 Å². The number of sulfonamides is 1. The molecule has 3 aromatic carbocycles. The highest BCUT2D eigenvalue weighted by molar-refractivity contribution is 7.92. The summed E-state index contributed by atoms with van der Waals surface area (Å²) in [6, 6.07) is 23.1. The summed E-state index contributed by atoms with van der Waals surface area (Å²) >= 11 is 0. The number of hydrogen-bond donors (Lipinski definition) is 2. The highest BCUT2D eigenvalue weighted by Crippen LogP contribution is 2.20. The van der Waals surface area contributed by atoms with Crippen molar-refractivity contribution in [3.63, 3.8) is 0 Å². The van der Waals surface area contributed by atoms with Crippen LogP contribution in [0.15, 0.2) is 78.9 Å². The number of amides is 2. The summed E-state index contributed by atoms with van der Waals surface area (Å²) in [5, 5.41) is 5.51. The number of nitrogens with one attached hydrogen (secondary N) is 2. The highest BCUT2D eigenvalue weighted by Gasteiger charge is 2.22. The summed E-state index contributed by atoms with van der Waals surface area (Å²) < 4.78 is 25.7. The van der Waals surface area contributed by atoms with E-state index < -0.39 is 22.5 Å². The summed E-state index contributed by atoms with van der Waals surface area (Å²) in [4.78, 5) is 25.5. The van der Waals surface area contributed by atoms with E-state index in [0.717, 1.165) is 28.1 Å². The number of nitrogens with zero attached hydrogens (tertiary/aromatic N) is 1.